The topological polar surface area (TPSA) is 92.3 Å². The summed E-state index contributed by atoms with van der Waals surface area (Å²) in [4.78, 5) is 30.3. The predicted octanol–water partition coefficient (Wildman–Crippen LogP) is 3.79. The van der Waals surface area contributed by atoms with Gasteiger partial charge in [0.2, 0.25) is 5.96 Å². The van der Waals surface area contributed by atoms with Crippen LogP contribution in [-0.4, -0.2) is 43.4 Å². The van der Waals surface area contributed by atoms with Crippen LogP contribution in [0.15, 0.2) is 29.3 Å². The lowest BCUT2D eigenvalue weighted by molar-refractivity contribution is 0.0545. The van der Waals surface area contributed by atoms with Crippen LogP contribution < -0.4 is 15.5 Å². The lowest BCUT2D eigenvalue weighted by Crippen LogP contribution is -2.47. The molecule has 0 atom stereocenters. The second kappa shape index (κ2) is 8.75. The highest BCUT2D eigenvalue weighted by Gasteiger charge is 2.21. The average Bonchev–Trinajstić information content (AvgIpc) is 2.43. The number of carbonyl (C=O) groups excluding carboxylic acids is 2. The van der Waals surface area contributed by atoms with E-state index in [4.69, 9.17) is 9.47 Å². The Kier molecular flexibility index (Phi) is 7.21. The van der Waals surface area contributed by atoms with E-state index in [0.717, 1.165) is 5.69 Å². The Hall–Kier alpha value is -2.77. The molecule has 150 valence electrons. The van der Waals surface area contributed by atoms with Crippen LogP contribution in [0.3, 0.4) is 0 Å². The van der Waals surface area contributed by atoms with E-state index in [1.807, 2.05) is 31.1 Å². The van der Waals surface area contributed by atoms with Crippen LogP contribution in [0.5, 0.6) is 0 Å². The molecule has 0 aliphatic carbocycles. The van der Waals surface area contributed by atoms with E-state index < -0.39 is 23.4 Å². The molecule has 0 aliphatic heterocycles. The van der Waals surface area contributed by atoms with Crippen molar-refractivity contribution in [1.82, 2.24) is 10.6 Å². The molecule has 1 aromatic carbocycles. The molecule has 0 radical (unpaired) electrons. The molecular formula is C19H30N4O4. The Labute approximate surface area is 160 Å². The van der Waals surface area contributed by atoms with Gasteiger partial charge in [0.15, 0.2) is 0 Å². The minimum atomic E-state index is -0.734. The molecule has 27 heavy (non-hydrogen) atoms. The quantitative estimate of drug-likeness (QED) is 0.603. The Balaban J connectivity index is 3.01. The van der Waals surface area contributed by atoms with Crippen molar-refractivity contribution >= 4 is 29.5 Å². The van der Waals surface area contributed by atoms with Crippen LogP contribution in [0, 0.1) is 0 Å². The number of aliphatic imine (C=N–C) groups is 1. The summed E-state index contributed by atoms with van der Waals surface area (Å²) in [6.45, 7) is 10.4. The zero-order valence-electron chi connectivity index (χ0n) is 17.3. The van der Waals surface area contributed by atoms with Crippen molar-refractivity contribution in [2.24, 2.45) is 4.99 Å². The van der Waals surface area contributed by atoms with Crippen molar-refractivity contribution in [2.75, 3.05) is 19.0 Å². The van der Waals surface area contributed by atoms with Gasteiger partial charge in [-0.1, -0.05) is 0 Å². The number of benzene rings is 1. The van der Waals surface area contributed by atoms with Gasteiger partial charge in [-0.3, -0.25) is 10.6 Å². The first-order valence-electron chi connectivity index (χ1n) is 8.61. The summed E-state index contributed by atoms with van der Waals surface area (Å²) in [7, 11) is 3.86. The lowest BCUT2D eigenvalue weighted by atomic mass is 10.2. The van der Waals surface area contributed by atoms with E-state index in [1.165, 1.54) is 0 Å². The first-order valence-corrected chi connectivity index (χ1v) is 8.61. The van der Waals surface area contributed by atoms with Gasteiger partial charge in [0, 0.05) is 19.8 Å². The summed E-state index contributed by atoms with van der Waals surface area (Å²) < 4.78 is 10.4. The number of nitrogens with zero attached hydrogens (tertiary/aromatic N) is 2. The first-order chi connectivity index (χ1) is 12.2. The van der Waals surface area contributed by atoms with Crippen molar-refractivity contribution in [3.8, 4) is 0 Å². The molecule has 0 heterocycles. The summed E-state index contributed by atoms with van der Waals surface area (Å²) in [6, 6.07) is 7.28. The average molecular weight is 378 g/mol. The molecule has 0 saturated carbocycles. The largest absolute Gasteiger partial charge is 0.444 e. The minimum Gasteiger partial charge on any atom is -0.444 e. The van der Waals surface area contributed by atoms with Crippen LogP contribution in [0.1, 0.15) is 41.5 Å². The third kappa shape index (κ3) is 9.48. The number of amides is 2. The SMILES string of the molecule is CN(C)c1ccc(N=C(NC(=O)OC(C)(C)C)NC(=O)OC(C)(C)C)cc1. The van der Waals surface area contributed by atoms with Gasteiger partial charge < -0.3 is 14.4 Å². The second-order valence-electron chi connectivity index (χ2n) is 8.13. The number of carbonyl (C=O) groups is 2. The maximum atomic E-state index is 12.1. The Bertz CT molecular complexity index is 651. The predicted molar refractivity (Wildman–Crippen MR) is 107 cm³/mol. The van der Waals surface area contributed by atoms with Crippen molar-refractivity contribution in [2.45, 2.75) is 52.7 Å². The van der Waals surface area contributed by atoms with Gasteiger partial charge in [-0.2, -0.15) is 0 Å². The maximum Gasteiger partial charge on any atom is 0.414 e. The maximum absolute atomic E-state index is 12.1. The molecule has 8 heteroatoms. The molecule has 0 aliphatic rings. The molecule has 0 unspecified atom stereocenters. The summed E-state index contributed by atoms with van der Waals surface area (Å²) >= 11 is 0. The Morgan fingerprint density at radius 1 is 0.852 bits per heavy atom. The number of anilines is 1. The Morgan fingerprint density at radius 2 is 1.26 bits per heavy atom. The first kappa shape index (κ1) is 22.3. The molecule has 2 amide bonds. The van der Waals surface area contributed by atoms with Crippen LogP contribution in [0.25, 0.3) is 0 Å². The van der Waals surface area contributed by atoms with E-state index in [2.05, 4.69) is 15.6 Å². The van der Waals surface area contributed by atoms with Gasteiger partial charge >= 0.3 is 12.2 Å². The van der Waals surface area contributed by atoms with Crippen LogP contribution >= 0.6 is 0 Å². The summed E-state index contributed by atoms with van der Waals surface area (Å²) in [5, 5.41) is 4.89. The van der Waals surface area contributed by atoms with Gasteiger partial charge in [0.25, 0.3) is 0 Å². The number of alkyl carbamates (subject to hydrolysis) is 2. The molecule has 0 saturated heterocycles. The van der Waals surface area contributed by atoms with Gasteiger partial charge in [0.05, 0.1) is 5.69 Å². The van der Waals surface area contributed by atoms with E-state index in [9.17, 15) is 9.59 Å². The monoisotopic (exact) mass is 378 g/mol. The Morgan fingerprint density at radius 3 is 1.59 bits per heavy atom. The zero-order chi connectivity index (χ0) is 20.8. The van der Waals surface area contributed by atoms with E-state index in [0.29, 0.717) is 5.69 Å². The lowest BCUT2D eigenvalue weighted by Gasteiger charge is -2.22. The summed E-state index contributed by atoms with van der Waals surface area (Å²) in [6.07, 6.45) is -1.47. The third-order valence-electron chi connectivity index (χ3n) is 2.85. The molecule has 0 bridgehead atoms. The number of ether oxygens (including phenoxy) is 2. The summed E-state index contributed by atoms with van der Waals surface area (Å²) in [5.41, 5.74) is 0.168. The molecular weight excluding hydrogens is 348 g/mol. The van der Waals surface area contributed by atoms with Crippen molar-refractivity contribution in [3.63, 3.8) is 0 Å². The second-order valence-corrected chi connectivity index (χ2v) is 8.13. The van der Waals surface area contributed by atoms with Gasteiger partial charge in [0.1, 0.15) is 11.2 Å². The fourth-order valence-electron chi connectivity index (χ4n) is 1.84. The van der Waals surface area contributed by atoms with Gasteiger partial charge in [-0.15, -0.1) is 0 Å². The molecule has 1 aromatic rings. The number of hydrogen-bond donors (Lipinski definition) is 2. The van der Waals surface area contributed by atoms with E-state index in [-0.39, 0.29) is 5.96 Å². The minimum absolute atomic E-state index is 0.0869. The molecule has 0 spiro atoms. The molecule has 8 nitrogen and oxygen atoms in total. The smallest absolute Gasteiger partial charge is 0.414 e. The fourth-order valence-corrected chi connectivity index (χ4v) is 1.84. The number of hydrogen-bond acceptors (Lipinski definition) is 6. The van der Waals surface area contributed by atoms with Crippen molar-refractivity contribution < 1.29 is 19.1 Å². The molecule has 0 fully saturated rings. The highest BCUT2D eigenvalue weighted by molar-refractivity contribution is 6.02. The number of guanidine groups is 1. The van der Waals surface area contributed by atoms with Crippen LogP contribution in [0.4, 0.5) is 21.0 Å². The standard InChI is InChI=1S/C19H30N4O4/c1-18(2,3)26-16(24)21-15(22-17(25)27-19(4,5)6)20-13-9-11-14(12-10-13)23(7)8/h9-12H,1-8H3,(H2,20,21,22,24,25). The molecule has 2 N–H and O–H groups in total. The fraction of sp³-hybridized carbons (Fsp3) is 0.526. The molecule has 0 aromatic heterocycles. The van der Waals surface area contributed by atoms with Crippen molar-refractivity contribution in [3.05, 3.63) is 24.3 Å². The summed E-state index contributed by atoms with van der Waals surface area (Å²) in [5.74, 6) is -0.0869. The van der Waals surface area contributed by atoms with E-state index >= 15 is 0 Å². The zero-order valence-corrected chi connectivity index (χ0v) is 17.3. The van der Waals surface area contributed by atoms with Crippen LogP contribution in [-0.2, 0) is 9.47 Å². The number of rotatable bonds is 2. The highest BCUT2D eigenvalue weighted by Crippen LogP contribution is 2.18. The van der Waals surface area contributed by atoms with Gasteiger partial charge in [-0.25, -0.2) is 14.6 Å². The molecule has 1 rings (SSSR count). The normalized spacial score (nSPS) is 11.3. The van der Waals surface area contributed by atoms with Gasteiger partial charge in [-0.05, 0) is 65.8 Å². The van der Waals surface area contributed by atoms with Crippen LogP contribution in [0.2, 0.25) is 0 Å². The third-order valence-corrected chi connectivity index (χ3v) is 2.85. The number of nitrogens with one attached hydrogen (secondary N) is 2. The van der Waals surface area contributed by atoms with Crippen molar-refractivity contribution in [1.29, 1.82) is 0 Å². The van der Waals surface area contributed by atoms with E-state index in [1.54, 1.807) is 53.7 Å². The highest BCUT2D eigenvalue weighted by atomic mass is 16.6.